The fourth-order valence-corrected chi connectivity index (χ4v) is 5.85. The normalized spacial score (nSPS) is 25.4. The van der Waals surface area contributed by atoms with E-state index in [-0.39, 0.29) is 14.9 Å². The number of hydrogen-bond donors (Lipinski definition) is 1. The number of sulfonamides is 1. The zero-order valence-corrected chi connectivity index (χ0v) is 14.0. The first-order chi connectivity index (χ1) is 9.54. The lowest BCUT2D eigenvalue weighted by molar-refractivity contribution is 0.137. The summed E-state index contributed by atoms with van der Waals surface area (Å²) in [5, 5.41) is 10.1. The summed E-state index contributed by atoms with van der Waals surface area (Å²) in [5.74, 6) is -0.857. The molecule has 1 aromatic carbocycles. The average molecular weight is 374 g/mol. The Balaban J connectivity index is 2.37. The Morgan fingerprint density at radius 1 is 1.24 bits per heavy atom. The lowest BCUT2D eigenvalue weighted by atomic mass is 10.2. The van der Waals surface area contributed by atoms with Gasteiger partial charge in [-0.25, -0.2) is 16.8 Å². The average Bonchev–Trinajstić information content (AvgIpc) is 2.65. The van der Waals surface area contributed by atoms with E-state index in [1.54, 1.807) is 0 Å². The van der Waals surface area contributed by atoms with Crippen LogP contribution >= 0.6 is 23.2 Å². The van der Waals surface area contributed by atoms with Crippen LogP contribution in [-0.4, -0.2) is 56.9 Å². The molecule has 1 fully saturated rings. The second-order valence-electron chi connectivity index (χ2n) is 4.81. The third-order valence-corrected chi connectivity index (χ3v) is 7.65. The molecule has 1 N–H and O–H groups in total. The van der Waals surface area contributed by atoms with E-state index in [4.69, 9.17) is 23.2 Å². The Labute approximate surface area is 133 Å². The summed E-state index contributed by atoms with van der Waals surface area (Å²) >= 11 is 11.5. The molecule has 0 bridgehead atoms. The molecule has 1 heterocycles. The Kier molecular flexibility index (Phi) is 4.59. The SMILES string of the molecule is CN([C@H]1CS(=O)(=O)C[C@@H]1O)S(=O)(=O)c1ccc(Cl)c(Cl)c1. The summed E-state index contributed by atoms with van der Waals surface area (Å²) in [6.07, 6.45) is -1.25. The van der Waals surface area contributed by atoms with Crippen molar-refractivity contribution in [3.8, 4) is 0 Å². The van der Waals surface area contributed by atoms with Gasteiger partial charge in [-0.2, -0.15) is 4.31 Å². The Morgan fingerprint density at radius 2 is 1.86 bits per heavy atom. The molecule has 2 rings (SSSR count). The fourth-order valence-electron chi connectivity index (χ4n) is 2.14. The highest BCUT2D eigenvalue weighted by Gasteiger charge is 2.43. The molecule has 2 atom stereocenters. The number of aliphatic hydroxyl groups excluding tert-OH is 1. The summed E-state index contributed by atoms with van der Waals surface area (Å²) in [4.78, 5) is -0.115. The minimum atomic E-state index is -3.98. The zero-order valence-electron chi connectivity index (χ0n) is 10.9. The highest BCUT2D eigenvalue weighted by Crippen LogP contribution is 2.28. The van der Waals surface area contributed by atoms with Gasteiger partial charge >= 0.3 is 0 Å². The van der Waals surface area contributed by atoms with Crippen LogP contribution in [0.3, 0.4) is 0 Å². The monoisotopic (exact) mass is 373 g/mol. The lowest BCUT2D eigenvalue weighted by Crippen LogP contribution is -2.44. The topological polar surface area (TPSA) is 91.8 Å². The molecule has 0 spiro atoms. The second kappa shape index (κ2) is 5.68. The van der Waals surface area contributed by atoms with Crippen LogP contribution in [0, 0.1) is 0 Å². The summed E-state index contributed by atoms with van der Waals surface area (Å²) < 4.78 is 48.8. The van der Waals surface area contributed by atoms with Gasteiger partial charge in [0.2, 0.25) is 10.0 Å². The molecule has 1 saturated heterocycles. The predicted molar refractivity (Wildman–Crippen MR) is 79.9 cm³/mol. The minimum Gasteiger partial charge on any atom is -0.390 e. The van der Waals surface area contributed by atoms with Crippen molar-refractivity contribution in [2.24, 2.45) is 0 Å². The van der Waals surface area contributed by atoms with Gasteiger partial charge in [-0.05, 0) is 18.2 Å². The molecule has 0 aliphatic carbocycles. The number of aliphatic hydroxyl groups is 1. The predicted octanol–water partition coefficient (Wildman–Crippen LogP) is 0.772. The van der Waals surface area contributed by atoms with Gasteiger partial charge < -0.3 is 5.11 Å². The van der Waals surface area contributed by atoms with Crippen LogP contribution in [0.2, 0.25) is 10.0 Å². The molecular formula is C11H13Cl2NO5S2. The standard InChI is InChI=1S/C11H13Cl2NO5S2/c1-14(10-5-20(16,17)6-11(10)15)21(18,19)7-2-3-8(12)9(13)4-7/h2-4,10-11,15H,5-6H2,1H3/t10-,11-/m0/s1. The first-order valence-electron chi connectivity index (χ1n) is 5.86. The molecule has 118 valence electrons. The van der Waals surface area contributed by atoms with Crippen molar-refractivity contribution in [1.82, 2.24) is 4.31 Å². The smallest absolute Gasteiger partial charge is 0.243 e. The van der Waals surface area contributed by atoms with Crippen LogP contribution in [0.1, 0.15) is 0 Å². The molecule has 10 heteroatoms. The van der Waals surface area contributed by atoms with Crippen molar-refractivity contribution in [2.75, 3.05) is 18.6 Å². The molecule has 1 aliphatic heterocycles. The van der Waals surface area contributed by atoms with Gasteiger partial charge in [0.1, 0.15) is 0 Å². The number of rotatable bonds is 3. The van der Waals surface area contributed by atoms with Crippen molar-refractivity contribution in [3.05, 3.63) is 28.2 Å². The van der Waals surface area contributed by atoms with Gasteiger partial charge in [-0.3, -0.25) is 0 Å². The minimum absolute atomic E-state index is 0.0748. The third-order valence-electron chi connectivity index (χ3n) is 3.33. The molecular weight excluding hydrogens is 361 g/mol. The zero-order chi connectivity index (χ0) is 16.0. The summed E-state index contributed by atoms with van der Waals surface area (Å²) in [7, 11) is -6.20. The number of halogens is 2. The van der Waals surface area contributed by atoms with Gasteiger partial charge in [0, 0.05) is 7.05 Å². The first kappa shape index (κ1) is 17.0. The van der Waals surface area contributed by atoms with Gasteiger partial charge in [-0.1, -0.05) is 23.2 Å². The van der Waals surface area contributed by atoms with Crippen molar-refractivity contribution in [2.45, 2.75) is 17.0 Å². The molecule has 1 aliphatic rings. The van der Waals surface area contributed by atoms with Crippen LogP contribution in [0.4, 0.5) is 0 Å². The Morgan fingerprint density at radius 3 is 2.33 bits per heavy atom. The number of nitrogens with zero attached hydrogens (tertiary/aromatic N) is 1. The quantitative estimate of drug-likeness (QED) is 0.844. The van der Waals surface area contributed by atoms with E-state index in [1.807, 2.05) is 0 Å². The van der Waals surface area contributed by atoms with E-state index in [1.165, 1.54) is 25.2 Å². The molecule has 0 amide bonds. The maximum atomic E-state index is 12.5. The maximum Gasteiger partial charge on any atom is 0.243 e. The van der Waals surface area contributed by atoms with Gasteiger partial charge in [0.05, 0.1) is 38.6 Å². The number of benzene rings is 1. The number of sulfone groups is 1. The van der Waals surface area contributed by atoms with E-state index in [0.29, 0.717) is 0 Å². The summed E-state index contributed by atoms with van der Waals surface area (Å²) in [6, 6.07) is 2.78. The number of likely N-dealkylation sites (N-methyl/N-ethyl adjacent to an activating group) is 1. The van der Waals surface area contributed by atoms with E-state index in [0.717, 1.165) is 4.31 Å². The van der Waals surface area contributed by atoms with Crippen LogP contribution < -0.4 is 0 Å². The largest absolute Gasteiger partial charge is 0.390 e. The van der Waals surface area contributed by atoms with E-state index in [2.05, 4.69) is 0 Å². The molecule has 0 aromatic heterocycles. The number of hydrogen-bond acceptors (Lipinski definition) is 5. The second-order valence-corrected chi connectivity index (χ2v) is 9.77. The van der Waals surface area contributed by atoms with E-state index < -0.39 is 43.5 Å². The molecule has 0 unspecified atom stereocenters. The molecule has 1 aromatic rings. The maximum absolute atomic E-state index is 12.5. The fraction of sp³-hybridized carbons (Fsp3) is 0.455. The molecule has 21 heavy (non-hydrogen) atoms. The highest BCUT2D eigenvalue weighted by atomic mass is 35.5. The lowest BCUT2D eigenvalue weighted by Gasteiger charge is -2.25. The van der Waals surface area contributed by atoms with Crippen molar-refractivity contribution in [1.29, 1.82) is 0 Å². The van der Waals surface area contributed by atoms with E-state index >= 15 is 0 Å². The van der Waals surface area contributed by atoms with Gasteiger partial charge in [0.25, 0.3) is 0 Å². The van der Waals surface area contributed by atoms with Crippen LogP contribution in [-0.2, 0) is 19.9 Å². The van der Waals surface area contributed by atoms with Crippen molar-refractivity contribution >= 4 is 43.1 Å². The summed E-state index contributed by atoms with van der Waals surface area (Å²) in [6.45, 7) is 0. The van der Waals surface area contributed by atoms with Crippen LogP contribution in [0.15, 0.2) is 23.1 Å². The van der Waals surface area contributed by atoms with E-state index in [9.17, 15) is 21.9 Å². The molecule has 6 nitrogen and oxygen atoms in total. The Hall–Kier alpha value is -0.380. The van der Waals surface area contributed by atoms with Crippen molar-refractivity contribution in [3.63, 3.8) is 0 Å². The first-order valence-corrected chi connectivity index (χ1v) is 9.88. The highest BCUT2D eigenvalue weighted by molar-refractivity contribution is 7.92. The Bertz CT molecular complexity index is 763. The van der Waals surface area contributed by atoms with Crippen molar-refractivity contribution < 1.29 is 21.9 Å². The summed E-state index contributed by atoms with van der Waals surface area (Å²) in [5.41, 5.74) is 0. The third kappa shape index (κ3) is 3.35. The van der Waals surface area contributed by atoms with Crippen LogP contribution in [0.25, 0.3) is 0 Å². The molecule has 0 saturated carbocycles. The van der Waals surface area contributed by atoms with Gasteiger partial charge in [-0.15, -0.1) is 0 Å². The molecule has 0 radical (unpaired) electrons. The van der Waals surface area contributed by atoms with Crippen LogP contribution in [0.5, 0.6) is 0 Å². The van der Waals surface area contributed by atoms with Gasteiger partial charge in [0.15, 0.2) is 9.84 Å².